The molecule has 0 radical (unpaired) electrons. The highest BCUT2D eigenvalue weighted by atomic mass is 32.2. The third-order valence-electron chi connectivity index (χ3n) is 4.63. The van der Waals surface area contributed by atoms with Crippen molar-refractivity contribution in [1.29, 1.82) is 0 Å². The van der Waals surface area contributed by atoms with Crippen LogP contribution in [0.25, 0.3) is 0 Å². The molecule has 3 N–H and O–H groups in total. The molecule has 1 saturated carbocycles. The van der Waals surface area contributed by atoms with E-state index < -0.39 is 10.0 Å². The van der Waals surface area contributed by atoms with Crippen LogP contribution in [0.3, 0.4) is 0 Å². The normalized spacial score (nSPS) is 15.9. The van der Waals surface area contributed by atoms with Crippen LogP contribution in [0.2, 0.25) is 0 Å². The molecule has 2 rings (SSSR count). The molecular formula is C17H27N3O3S. The second kappa shape index (κ2) is 8.48. The van der Waals surface area contributed by atoms with Crippen molar-refractivity contribution >= 4 is 21.6 Å². The van der Waals surface area contributed by atoms with E-state index in [1.807, 2.05) is 0 Å². The zero-order chi connectivity index (χ0) is 17.6. The summed E-state index contributed by atoms with van der Waals surface area (Å²) < 4.78 is 26.1. The highest BCUT2D eigenvalue weighted by molar-refractivity contribution is 7.89. The van der Waals surface area contributed by atoms with Gasteiger partial charge >= 0.3 is 0 Å². The molecule has 6 nitrogen and oxygen atoms in total. The van der Waals surface area contributed by atoms with Gasteiger partial charge in [-0.1, -0.05) is 32.1 Å². The van der Waals surface area contributed by atoms with E-state index in [1.165, 1.54) is 58.3 Å². The topological polar surface area (TPSA) is 87.3 Å². The molecule has 1 aliphatic carbocycles. The molecule has 0 spiro atoms. The summed E-state index contributed by atoms with van der Waals surface area (Å²) >= 11 is 0. The standard InChI is InChI=1S/C17H27N3O3S/c1-18-17(21)15-12-14(24(22,23)19-2)8-9-16(15)20-11-10-13-6-4-3-5-7-13/h8-9,12-13,19-20H,3-7,10-11H2,1-2H3,(H,18,21). The number of carbonyl (C=O) groups excluding carboxylic acids is 1. The summed E-state index contributed by atoms with van der Waals surface area (Å²) in [6.45, 7) is 0.785. The third kappa shape index (κ3) is 4.70. The first-order valence-electron chi connectivity index (χ1n) is 8.51. The Morgan fingerprint density at radius 3 is 2.50 bits per heavy atom. The first kappa shape index (κ1) is 18.7. The fourth-order valence-corrected chi connectivity index (χ4v) is 3.93. The molecule has 1 amide bonds. The van der Waals surface area contributed by atoms with Gasteiger partial charge in [-0.2, -0.15) is 0 Å². The molecular weight excluding hydrogens is 326 g/mol. The Morgan fingerprint density at radius 2 is 1.88 bits per heavy atom. The minimum Gasteiger partial charge on any atom is -0.384 e. The molecule has 1 aromatic carbocycles. The predicted molar refractivity (Wildman–Crippen MR) is 95.8 cm³/mol. The molecule has 0 heterocycles. The Bertz CT molecular complexity index is 668. The molecule has 0 saturated heterocycles. The number of hydrogen-bond acceptors (Lipinski definition) is 4. The Balaban J connectivity index is 2.11. The summed E-state index contributed by atoms with van der Waals surface area (Å²) in [5, 5.41) is 5.86. The molecule has 1 aromatic rings. The molecule has 1 fully saturated rings. The molecule has 24 heavy (non-hydrogen) atoms. The molecule has 1 aliphatic rings. The average molecular weight is 353 g/mol. The molecule has 0 aromatic heterocycles. The molecule has 0 unspecified atom stereocenters. The molecule has 134 valence electrons. The summed E-state index contributed by atoms with van der Waals surface area (Å²) in [6.07, 6.45) is 7.60. The van der Waals surface area contributed by atoms with Gasteiger partial charge in [0.25, 0.3) is 5.91 Å². The lowest BCUT2D eigenvalue weighted by molar-refractivity contribution is 0.0963. The van der Waals surface area contributed by atoms with Gasteiger partial charge in [0.2, 0.25) is 10.0 Å². The van der Waals surface area contributed by atoms with Crippen LogP contribution in [0.4, 0.5) is 5.69 Å². The number of anilines is 1. The minimum atomic E-state index is -3.57. The number of hydrogen-bond donors (Lipinski definition) is 3. The maximum absolute atomic E-state index is 12.1. The monoisotopic (exact) mass is 353 g/mol. The SMILES string of the molecule is CNC(=O)c1cc(S(=O)(=O)NC)ccc1NCCC1CCCCC1. The third-order valence-corrected chi connectivity index (χ3v) is 6.05. The van der Waals surface area contributed by atoms with Crippen molar-refractivity contribution in [3.63, 3.8) is 0 Å². The van der Waals surface area contributed by atoms with E-state index in [-0.39, 0.29) is 10.8 Å². The Morgan fingerprint density at radius 1 is 1.17 bits per heavy atom. The number of sulfonamides is 1. The van der Waals surface area contributed by atoms with E-state index in [2.05, 4.69) is 15.4 Å². The van der Waals surface area contributed by atoms with Crippen LogP contribution in [0.1, 0.15) is 48.9 Å². The van der Waals surface area contributed by atoms with Crippen LogP contribution in [0, 0.1) is 5.92 Å². The van der Waals surface area contributed by atoms with Crippen molar-refractivity contribution in [2.75, 3.05) is 26.0 Å². The minimum absolute atomic E-state index is 0.0847. The lowest BCUT2D eigenvalue weighted by Gasteiger charge is -2.22. The van der Waals surface area contributed by atoms with Gasteiger partial charge in [-0.25, -0.2) is 13.1 Å². The Labute approximate surface area is 144 Å². The smallest absolute Gasteiger partial charge is 0.253 e. The average Bonchev–Trinajstić information content (AvgIpc) is 2.62. The van der Waals surface area contributed by atoms with Gasteiger partial charge in [-0.05, 0) is 37.6 Å². The maximum Gasteiger partial charge on any atom is 0.253 e. The quantitative estimate of drug-likeness (QED) is 0.702. The van der Waals surface area contributed by atoms with Gasteiger partial charge in [-0.3, -0.25) is 4.79 Å². The Hall–Kier alpha value is -1.60. The largest absolute Gasteiger partial charge is 0.384 e. The van der Waals surface area contributed by atoms with Gasteiger partial charge in [0, 0.05) is 19.3 Å². The fraction of sp³-hybridized carbons (Fsp3) is 0.588. The van der Waals surface area contributed by atoms with Crippen LogP contribution in [0.5, 0.6) is 0 Å². The van der Waals surface area contributed by atoms with E-state index in [0.29, 0.717) is 11.3 Å². The Kier molecular flexibility index (Phi) is 6.62. The summed E-state index contributed by atoms with van der Waals surface area (Å²) in [5.74, 6) is 0.446. The molecule has 0 atom stereocenters. The van der Waals surface area contributed by atoms with Crippen molar-refractivity contribution in [3.05, 3.63) is 23.8 Å². The fourth-order valence-electron chi connectivity index (χ4n) is 3.17. The highest BCUT2D eigenvalue weighted by Crippen LogP contribution is 2.27. The number of amides is 1. The second-order valence-corrected chi connectivity index (χ2v) is 8.10. The van der Waals surface area contributed by atoms with Crippen molar-refractivity contribution in [2.45, 2.75) is 43.4 Å². The zero-order valence-electron chi connectivity index (χ0n) is 14.4. The molecule has 7 heteroatoms. The van der Waals surface area contributed by atoms with Crippen molar-refractivity contribution in [3.8, 4) is 0 Å². The van der Waals surface area contributed by atoms with Gasteiger partial charge in [0.05, 0.1) is 10.5 Å². The van der Waals surface area contributed by atoms with Gasteiger partial charge < -0.3 is 10.6 Å². The summed E-state index contributed by atoms with van der Waals surface area (Å²) in [5.41, 5.74) is 1.01. The van der Waals surface area contributed by atoms with E-state index in [4.69, 9.17) is 0 Å². The van der Waals surface area contributed by atoms with Crippen molar-refractivity contribution in [2.24, 2.45) is 5.92 Å². The number of rotatable bonds is 7. The van der Waals surface area contributed by atoms with Gasteiger partial charge in [-0.15, -0.1) is 0 Å². The van der Waals surface area contributed by atoms with Crippen LogP contribution in [0.15, 0.2) is 23.1 Å². The lowest BCUT2D eigenvalue weighted by atomic mass is 9.87. The summed E-state index contributed by atoms with van der Waals surface area (Å²) in [6, 6.07) is 4.59. The summed E-state index contributed by atoms with van der Waals surface area (Å²) in [4.78, 5) is 12.2. The van der Waals surface area contributed by atoms with E-state index in [1.54, 1.807) is 6.07 Å². The summed E-state index contributed by atoms with van der Waals surface area (Å²) in [7, 11) is -0.687. The van der Waals surface area contributed by atoms with Gasteiger partial charge in [0.15, 0.2) is 0 Å². The lowest BCUT2D eigenvalue weighted by Crippen LogP contribution is -2.23. The van der Waals surface area contributed by atoms with Gasteiger partial charge in [0.1, 0.15) is 0 Å². The number of nitrogens with one attached hydrogen (secondary N) is 3. The number of carbonyl (C=O) groups is 1. The van der Waals surface area contributed by atoms with E-state index in [9.17, 15) is 13.2 Å². The van der Waals surface area contributed by atoms with Crippen molar-refractivity contribution in [1.82, 2.24) is 10.0 Å². The first-order valence-corrected chi connectivity index (χ1v) is 10.00. The second-order valence-electron chi connectivity index (χ2n) is 6.21. The number of benzene rings is 1. The first-order chi connectivity index (χ1) is 11.5. The van der Waals surface area contributed by atoms with Crippen LogP contribution < -0.4 is 15.4 Å². The van der Waals surface area contributed by atoms with Crippen LogP contribution >= 0.6 is 0 Å². The van der Waals surface area contributed by atoms with Crippen LogP contribution in [-0.2, 0) is 10.0 Å². The maximum atomic E-state index is 12.1. The van der Waals surface area contributed by atoms with Crippen LogP contribution in [-0.4, -0.2) is 35.0 Å². The van der Waals surface area contributed by atoms with Crippen molar-refractivity contribution < 1.29 is 13.2 Å². The predicted octanol–water partition coefficient (Wildman–Crippen LogP) is 2.34. The highest BCUT2D eigenvalue weighted by Gasteiger charge is 2.18. The van der Waals surface area contributed by atoms with E-state index in [0.717, 1.165) is 18.9 Å². The molecule has 0 aliphatic heterocycles. The molecule has 0 bridgehead atoms. The zero-order valence-corrected chi connectivity index (χ0v) is 15.2. The van der Waals surface area contributed by atoms with E-state index >= 15 is 0 Å².